The quantitative estimate of drug-likeness (QED) is 0.823. The van der Waals surface area contributed by atoms with Gasteiger partial charge in [0.2, 0.25) is 0 Å². The van der Waals surface area contributed by atoms with Crippen molar-refractivity contribution >= 4 is 34.4 Å². The smallest absolute Gasteiger partial charge is 0.412 e. The standard InChI is InChI=1S/C14H11FINO2/c15-12-8-11(16)6-7-13(12)17-14(18)19-9-10-4-2-1-3-5-10/h1-8H,9H2,(H,17,18). The monoisotopic (exact) mass is 371 g/mol. The van der Waals surface area contributed by atoms with Crippen molar-refractivity contribution in [3.8, 4) is 0 Å². The summed E-state index contributed by atoms with van der Waals surface area (Å²) in [4.78, 5) is 11.5. The second-order valence-electron chi connectivity index (χ2n) is 3.81. The third-order valence-electron chi connectivity index (χ3n) is 2.38. The van der Waals surface area contributed by atoms with E-state index in [0.717, 1.165) is 9.13 Å². The van der Waals surface area contributed by atoms with E-state index in [4.69, 9.17) is 4.74 Å². The molecule has 1 amide bonds. The van der Waals surface area contributed by atoms with Crippen LogP contribution in [0.2, 0.25) is 0 Å². The Morgan fingerprint density at radius 2 is 1.95 bits per heavy atom. The Hall–Kier alpha value is -1.63. The minimum atomic E-state index is -0.677. The summed E-state index contributed by atoms with van der Waals surface area (Å²) in [5, 5.41) is 2.37. The van der Waals surface area contributed by atoms with E-state index in [1.54, 1.807) is 6.07 Å². The first-order chi connectivity index (χ1) is 9.15. The lowest BCUT2D eigenvalue weighted by Crippen LogP contribution is -2.14. The van der Waals surface area contributed by atoms with Gasteiger partial charge in [-0.15, -0.1) is 0 Å². The van der Waals surface area contributed by atoms with Crippen molar-refractivity contribution in [3.05, 3.63) is 63.5 Å². The molecule has 2 rings (SSSR count). The van der Waals surface area contributed by atoms with Gasteiger partial charge >= 0.3 is 6.09 Å². The van der Waals surface area contributed by atoms with E-state index in [-0.39, 0.29) is 12.3 Å². The highest BCUT2D eigenvalue weighted by atomic mass is 127. The zero-order valence-corrected chi connectivity index (χ0v) is 12.1. The Kier molecular flexibility index (Phi) is 4.73. The van der Waals surface area contributed by atoms with Gasteiger partial charge in [0, 0.05) is 3.57 Å². The van der Waals surface area contributed by atoms with Crippen LogP contribution in [-0.2, 0) is 11.3 Å². The molecule has 0 unspecified atom stereocenters. The number of amides is 1. The summed E-state index contributed by atoms with van der Waals surface area (Å²) < 4.78 is 19.3. The number of ether oxygens (including phenoxy) is 1. The SMILES string of the molecule is O=C(Nc1ccc(I)cc1F)OCc1ccccc1. The molecule has 0 spiro atoms. The first-order valence-corrected chi connectivity index (χ1v) is 6.66. The fourth-order valence-electron chi connectivity index (χ4n) is 1.46. The lowest BCUT2D eigenvalue weighted by atomic mass is 10.2. The predicted molar refractivity (Wildman–Crippen MR) is 79.4 cm³/mol. The Balaban J connectivity index is 1.91. The molecule has 0 fully saturated rings. The van der Waals surface area contributed by atoms with Crippen LogP contribution < -0.4 is 5.32 Å². The van der Waals surface area contributed by atoms with Crippen LogP contribution in [-0.4, -0.2) is 6.09 Å². The van der Waals surface area contributed by atoms with E-state index in [1.807, 2.05) is 52.9 Å². The number of nitrogens with one attached hydrogen (secondary N) is 1. The van der Waals surface area contributed by atoms with E-state index in [9.17, 15) is 9.18 Å². The van der Waals surface area contributed by atoms with E-state index >= 15 is 0 Å². The number of hydrogen-bond donors (Lipinski definition) is 1. The highest BCUT2D eigenvalue weighted by Crippen LogP contribution is 2.17. The van der Waals surface area contributed by atoms with Crippen molar-refractivity contribution in [1.29, 1.82) is 0 Å². The van der Waals surface area contributed by atoms with Gasteiger partial charge in [-0.2, -0.15) is 0 Å². The molecule has 2 aromatic rings. The number of rotatable bonds is 3. The van der Waals surface area contributed by atoms with Crippen molar-refractivity contribution in [2.24, 2.45) is 0 Å². The first kappa shape index (κ1) is 13.8. The fraction of sp³-hybridized carbons (Fsp3) is 0.0714. The molecule has 0 bridgehead atoms. The Labute approximate surface area is 123 Å². The van der Waals surface area contributed by atoms with Crippen LogP contribution in [0.5, 0.6) is 0 Å². The minimum Gasteiger partial charge on any atom is -0.444 e. The van der Waals surface area contributed by atoms with E-state index in [2.05, 4.69) is 5.32 Å². The number of carbonyl (C=O) groups excluding carboxylic acids is 1. The van der Waals surface area contributed by atoms with Crippen LogP contribution in [0.3, 0.4) is 0 Å². The van der Waals surface area contributed by atoms with Gasteiger partial charge in [0.05, 0.1) is 5.69 Å². The third-order valence-corrected chi connectivity index (χ3v) is 3.05. The Morgan fingerprint density at radius 3 is 2.63 bits per heavy atom. The van der Waals surface area contributed by atoms with Crippen LogP contribution in [0.1, 0.15) is 5.56 Å². The molecule has 0 aliphatic carbocycles. The molecular formula is C14H11FINO2. The Morgan fingerprint density at radius 1 is 1.21 bits per heavy atom. The number of carbonyl (C=O) groups is 1. The Bertz CT molecular complexity index is 575. The van der Waals surface area contributed by atoms with Crippen molar-refractivity contribution in [3.63, 3.8) is 0 Å². The summed E-state index contributed by atoms with van der Waals surface area (Å²) >= 11 is 2.00. The third kappa shape index (κ3) is 4.20. The number of anilines is 1. The molecule has 98 valence electrons. The van der Waals surface area contributed by atoms with Gasteiger partial charge in [-0.1, -0.05) is 30.3 Å². The number of benzene rings is 2. The van der Waals surface area contributed by atoms with Gasteiger partial charge < -0.3 is 4.74 Å². The minimum absolute atomic E-state index is 0.110. The van der Waals surface area contributed by atoms with Crippen molar-refractivity contribution in [2.45, 2.75) is 6.61 Å². The van der Waals surface area contributed by atoms with Crippen LogP contribution in [0.25, 0.3) is 0 Å². The molecule has 0 saturated carbocycles. The van der Waals surface area contributed by atoms with E-state index in [1.165, 1.54) is 12.1 Å². The van der Waals surface area contributed by atoms with E-state index in [0.29, 0.717) is 0 Å². The maximum Gasteiger partial charge on any atom is 0.412 e. The van der Waals surface area contributed by atoms with Gasteiger partial charge in [0.25, 0.3) is 0 Å². The van der Waals surface area contributed by atoms with Gasteiger partial charge in [0.1, 0.15) is 12.4 Å². The van der Waals surface area contributed by atoms with Gasteiger partial charge in [-0.25, -0.2) is 9.18 Å². The summed E-state index contributed by atoms with van der Waals surface area (Å²) in [5.74, 6) is -0.483. The molecule has 2 aromatic carbocycles. The normalized spacial score (nSPS) is 10.0. The molecule has 1 N–H and O–H groups in total. The van der Waals surface area contributed by atoms with Crippen LogP contribution >= 0.6 is 22.6 Å². The first-order valence-electron chi connectivity index (χ1n) is 5.58. The van der Waals surface area contributed by atoms with Crippen LogP contribution in [0.15, 0.2) is 48.5 Å². The maximum absolute atomic E-state index is 13.5. The second kappa shape index (κ2) is 6.51. The second-order valence-corrected chi connectivity index (χ2v) is 5.06. The molecule has 5 heteroatoms. The molecular weight excluding hydrogens is 360 g/mol. The van der Waals surface area contributed by atoms with Crippen molar-refractivity contribution in [2.75, 3.05) is 5.32 Å². The van der Waals surface area contributed by atoms with Crippen molar-refractivity contribution < 1.29 is 13.9 Å². The molecule has 0 heterocycles. The lowest BCUT2D eigenvalue weighted by Gasteiger charge is -2.08. The summed E-state index contributed by atoms with van der Waals surface area (Å²) in [6.07, 6.45) is -0.677. The highest BCUT2D eigenvalue weighted by molar-refractivity contribution is 14.1. The highest BCUT2D eigenvalue weighted by Gasteiger charge is 2.08. The lowest BCUT2D eigenvalue weighted by molar-refractivity contribution is 0.155. The molecule has 0 saturated heterocycles. The van der Waals surface area contributed by atoms with E-state index < -0.39 is 11.9 Å². The van der Waals surface area contributed by atoms with Gasteiger partial charge in [-0.3, -0.25) is 5.32 Å². The van der Waals surface area contributed by atoms with Crippen LogP contribution in [0, 0.1) is 9.39 Å². The molecule has 3 nitrogen and oxygen atoms in total. The topological polar surface area (TPSA) is 38.3 Å². The van der Waals surface area contributed by atoms with Gasteiger partial charge in [0.15, 0.2) is 0 Å². The predicted octanol–water partition coefficient (Wildman–Crippen LogP) is 4.18. The summed E-state index contributed by atoms with van der Waals surface area (Å²) in [5.41, 5.74) is 0.985. The molecule has 19 heavy (non-hydrogen) atoms. The molecule has 0 atom stereocenters. The molecule has 0 aliphatic rings. The zero-order chi connectivity index (χ0) is 13.7. The average molecular weight is 371 g/mol. The number of hydrogen-bond acceptors (Lipinski definition) is 2. The summed E-state index contributed by atoms with van der Waals surface area (Å²) in [6, 6.07) is 13.8. The van der Waals surface area contributed by atoms with Crippen LogP contribution in [0.4, 0.5) is 14.9 Å². The van der Waals surface area contributed by atoms with Crippen molar-refractivity contribution in [1.82, 2.24) is 0 Å². The number of halogens is 2. The maximum atomic E-state index is 13.5. The average Bonchev–Trinajstić information content (AvgIpc) is 2.41. The zero-order valence-electron chi connectivity index (χ0n) is 9.90. The molecule has 0 aliphatic heterocycles. The van der Waals surface area contributed by atoms with Gasteiger partial charge in [-0.05, 0) is 46.4 Å². The summed E-state index contributed by atoms with van der Waals surface area (Å²) in [6.45, 7) is 0.151. The summed E-state index contributed by atoms with van der Waals surface area (Å²) in [7, 11) is 0. The fourth-order valence-corrected chi connectivity index (χ4v) is 1.91. The largest absolute Gasteiger partial charge is 0.444 e. The molecule has 0 radical (unpaired) electrons. The molecule has 0 aromatic heterocycles.